The minimum atomic E-state index is -0.700. The molecule has 0 atom stereocenters. The van der Waals surface area contributed by atoms with Gasteiger partial charge < -0.3 is 4.74 Å². The molecular weight excluding hydrogens is 277 g/mol. The largest absolute Gasteiger partial charge is 0.489 e. The van der Waals surface area contributed by atoms with Crippen molar-refractivity contribution in [2.75, 3.05) is 0 Å². The molecule has 1 nitrogen and oxygen atoms in total. The van der Waals surface area contributed by atoms with E-state index in [4.69, 9.17) is 16.3 Å². The van der Waals surface area contributed by atoms with E-state index >= 15 is 0 Å². The van der Waals surface area contributed by atoms with Crippen molar-refractivity contribution in [3.8, 4) is 5.75 Å². The highest BCUT2D eigenvalue weighted by molar-refractivity contribution is 6.17. The third-order valence-corrected chi connectivity index (χ3v) is 2.80. The van der Waals surface area contributed by atoms with E-state index in [0.29, 0.717) is 5.56 Å². The summed E-state index contributed by atoms with van der Waals surface area (Å²) >= 11 is 5.61. The van der Waals surface area contributed by atoms with Crippen LogP contribution in [0.5, 0.6) is 5.75 Å². The van der Waals surface area contributed by atoms with Gasteiger partial charge in [-0.3, -0.25) is 0 Å². The van der Waals surface area contributed by atoms with E-state index in [1.807, 2.05) is 0 Å². The van der Waals surface area contributed by atoms with E-state index < -0.39 is 17.5 Å². The van der Waals surface area contributed by atoms with Crippen LogP contribution in [0, 0.1) is 17.5 Å². The molecule has 0 aliphatic heterocycles. The van der Waals surface area contributed by atoms with Gasteiger partial charge in [-0.1, -0.05) is 0 Å². The van der Waals surface area contributed by atoms with Gasteiger partial charge in [-0.2, -0.15) is 0 Å². The monoisotopic (exact) mass is 286 g/mol. The zero-order valence-electron chi connectivity index (χ0n) is 9.80. The summed E-state index contributed by atoms with van der Waals surface area (Å²) in [5, 5.41) is 0. The topological polar surface area (TPSA) is 9.23 Å². The lowest BCUT2D eigenvalue weighted by Crippen LogP contribution is -2.00. The van der Waals surface area contributed by atoms with Crippen molar-refractivity contribution in [3.05, 3.63) is 65.0 Å². The maximum Gasteiger partial charge on any atom is 0.132 e. The first kappa shape index (κ1) is 13.7. The Morgan fingerprint density at radius 2 is 1.74 bits per heavy atom. The molecule has 0 fully saturated rings. The van der Waals surface area contributed by atoms with Crippen LogP contribution in [0.25, 0.3) is 0 Å². The standard InChI is InChI=1S/C14H10ClF3O/c15-7-9-3-12(17)5-13(4-9)19-8-10-1-2-11(16)6-14(10)18/h1-6H,7-8H2. The zero-order valence-corrected chi connectivity index (χ0v) is 10.6. The third-order valence-electron chi connectivity index (χ3n) is 2.49. The molecule has 0 spiro atoms. The third kappa shape index (κ3) is 3.64. The van der Waals surface area contributed by atoms with Crippen molar-refractivity contribution in [1.29, 1.82) is 0 Å². The predicted octanol–water partition coefficient (Wildman–Crippen LogP) is 4.42. The Labute approximate surface area is 113 Å². The Balaban J connectivity index is 2.12. The molecule has 0 aliphatic rings. The van der Waals surface area contributed by atoms with E-state index in [2.05, 4.69) is 0 Å². The summed E-state index contributed by atoms with van der Waals surface area (Å²) in [5.41, 5.74) is 0.759. The minimum absolute atomic E-state index is 0.114. The van der Waals surface area contributed by atoms with Crippen LogP contribution in [-0.4, -0.2) is 0 Å². The molecule has 2 aromatic rings. The van der Waals surface area contributed by atoms with Crippen molar-refractivity contribution in [2.45, 2.75) is 12.5 Å². The molecule has 0 radical (unpaired) electrons. The molecule has 0 aliphatic carbocycles. The molecule has 2 aromatic carbocycles. The summed E-state index contributed by atoms with van der Waals surface area (Å²) in [6.45, 7) is -0.114. The maximum absolute atomic E-state index is 13.4. The van der Waals surface area contributed by atoms with Crippen LogP contribution in [-0.2, 0) is 12.5 Å². The average Bonchev–Trinajstić information content (AvgIpc) is 2.37. The van der Waals surface area contributed by atoms with Crippen LogP contribution in [0.2, 0.25) is 0 Å². The molecule has 0 heterocycles. The fraction of sp³-hybridized carbons (Fsp3) is 0.143. The van der Waals surface area contributed by atoms with Crippen molar-refractivity contribution in [3.63, 3.8) is 0 Å². The van der Waals surface area contributed by atoms with Gasteiger partial charge in [0.25, 0.3) is 0 Å². The van der Waals surface area contributed by atoms with Gasteiger partial charge in [0.05, 0.1) is 0 Å². The zero-order chi connectivity index (χ0) is 13.8. The Hall–Kier alpha value is -1.68. The molecular formula is C14H10ClF3O. The highest BCUT2D eigenvalue weighted by Gasteiger charge is 2.06. The van der Waals surface area contributed by atoms with Gasteiger partial charge >= 0.3 is 0 Å². The van der Waals surface area contributed by atoms with E-state index in [1.54, 1.807) is 6.07 Å². The molecule has 0 saturated heterocycles. The first-order chi connectivity index (χ1) is 9.08. The van der Waals surface area contributed by atoms with Gasteiger partial charge in [-0.05, 0) is 29.8 Å². The number of halogens is 4. The molecule has 0 N–H and O–H groups in total. The van der Waals surface area contributed by atoms with Gasteiger partial charge in [0, 0.05) is 23.6 Å². The molecule has 0 unspecified atom stereocenters. The van der Waals surface area contributed by atoms with Gasteiger partial charge in [0.15, 0.2) is 0 Å². The van der Waals surface area contributed by atoms with Crippen molar-refractivity contribution >= 4 is 11.6 Å². The smallest absolute Gasteiger partial charge is 0.132 e. The summed E-state index contributed by atoms with van der Waals surface area (Å²) in [6, 6.07) is 7.23. The first-order valence-corrected chi connectivity index (χ1v) is 6.04. The second-order valence-electron chi connectivity index (χ2n) is 3.95. The second-order valence-corrected chi connectivity index (χ2v) is 4.22. The van der Waals surface area contributed by atoms with Crippen molar-refractivity contribution in [1.82, 2.24) is 0 Å². The van der Waals surface area contributed by atoms with Gasteiger partial charge in [-0.25, -0.2) is 13.2 Å². The van der Waals surface area contributed by atoms with Crippen LogP contribution in [0.4, 0.5) is 13.2 Å². The second kappa shape index (κ2) is 5.97. The fourth-order valence-corrected chi connectivity index (χ4v) is 1.74. The van der Waals surface area contributed by atoms with E-state index in [1.165, 1.54) is 18.2 Å². The molecule has 5 heteroatoms. The highest BCUT2D eigenvalue weighted by Crippen LogP contribution is 2.20. The average molecular weight is 287 g/mol. The van der Waals surface area contributed by atoms with Crippen LogP contribution in [0.3, 0.4) is 0 Å². The van der Waals surface area contributed by atoms with Crippen molar-refractivity contribution < 1.29 is 17.9 Å². The van der Waals surface area contributed by atoms with Crippen LogP contribution < -0.4 is 4.74 Å². The molecule has 0 aromatic heterocycles. The van der Waals surface area contributed by atoms with Crippen LogP contribution in [0.15, 0.2) is 36.4 Å². The van der Waals surface area contributed by atoms with Crippen LogP contribution in [0.1, 0.15) is 11.1 Å². The number of ether oxygens (including phenoxy) is 1. The summed E-state index contributed by atoms with van der Waals surface area (Å²) in [7, 11) is 0. The number of hydrogen-bond acceptors (Lipinski definition) is 1. The summed E-state index contributed by atoms with van der Waals surface area (Å²) in [4.78, 5) is 0. The molecule has 0 saturated carbocycles. The number of alkyl halides is 1. The molecule has 19 heavy (non-hydrogen) atoms. The molecule has 2 rings (SSSR count). The summed E-state index contributed by atoms with van der Waals surface area (Å²) < 4.78 is 44.6. The predicted molar refractivity (Wildman–Crippen MR) is 66.6 cm³/mol. The fourth-order valence-electron chi connectivity index (χ4n) is 1.58. The Morgan fingerprint density at radius 3 is 2.42 bits per heavy atom. The number of hydrogen-bond donors (Lipinski definition) is 0. The lowest BCUT2D eigenvalue weighted by molar-refractivity contribution is 0.297. The minimum Gasteiger partial charge on any atom is -0.489 e. The Bertz CT molecular complexity index is 587. The van der Waals surface area contributed by atoms with E-state index in [-0.39, 0.29) is 23.8 Å². The molecule has 0 bridgehead atoms. The normalized spacial score (nSPS) is 10.5. The lowest BCUT2D eigenvalue weighted by Gasteiger charge is -2.08. The van der Waals surface area contributed by atoms with Gasteiger partial charge in [0.2, 0.25) is 0 Å². The van der Waals surface area contributed by atoms with E-state index in [9.17, 15) is 13.2 Å². The summed E-state index contributed by atoms with van der Waals surface area (Å²) in [6.07, 6.45) is 0. The van der Waals surface area contributed by atoms with E-state index in [0.717, 1.165) is 12.1 Å². The highest BCUT2D eigenvalue weighted by atomic mass is 35.5. The Kier molecular flexibility index (Phi) is 4.32. The maximum atomic E-state index is 13.4. The lowest BCUT2D eigenvalue weighted by atomic mass is 10.2. The van der Waals surface area contributed by atoms with Crippen molar-refractivity contribution in [2.24, 2.45) is 0 Å². The SMILES string of the molecule is Fc1cc(CCl)cc(OCc2ccc(F)cc2F)c1. The number of rotatable bonds is 4. The molecule has 0 amide bonds. The van der Waals surface area contributed by atoms with Crippen LogP contribution >= 0.6 is 11.6 Å². The summed E-state index contributed by atoms with van der Waals surface area (Å²) in [5.74, 6) is -1.43. The van der Waals surface area contributed by atoms with Gasteiger partial charge in [-0.15, -0.1) is 11.6 Å². The Morgan fingerprint density at radius 1 is 0.947 bits per heavy atom. The van der Waals surface area contributed by atoms with Gasteiger partial charge in [0.1, 0.15) is 29.8 Å². The molecule has 100 valence electrons. The number of benzene rings is 2. The quantitative estimate of drug-likeness (QED) is 0.756. The first-order valence-electron chi connectivity index (χ1n) is 5.50.